The van der Waals surface area contributed by atoms with Gasteiger partial charge in [0.2, 0.25) is 5.91 Å². The van der Waals surface area contributed by atoms with Crippen LogP contribution >= 0.6 is 63.1 Å². The van der Waals surface area contributed by atoms with Crippen molar-refractivity contribution in [3.63, 3.8) is 0 Å². The van der Waals surface area contributed by atoms with Crippen molar-refractivity contribution in [3.05, 3.63) is 97.7 Å². The van der Waals surface area contributed by atoms with Crippen LogP contribution in [0.4, 0.5) is 4.39 Å². The third kappa shape index (κ3) is 6.08. The van der Waals surface area contributed by atoms with Crippen LogP contribution < -0.4 is 4.74 Å². The first-order chi connectivity index (χ1) is 15.8. The van der Waals surface area contributed by atoms with E-state index in [0.717, 1.165) is 21.2 Å². The molecule has 9 heteroatoms. The molecule has 170 valence electrons. The number of thiocarbonyl (C=S) groups is 1. The molecule has 1 fully saturated rings. The predicted octanol–water partition coefficient (Wildman–Crippen LogP) is 7.45. The minimum Gasteiger partial charge on any atom is -0.488 e. The molecule has 0 aliphatic carbocycles. The van der Waals surface area contributed by atoms with Gasteiger partial charge in [-0.05, 0) is 69.9 Å². The molecule has 0 unspecified atom stereocenters. The molecule has 0 saturated carbocycles. The molecule has 0 radical (unpaired) electrons. The number of rotatable bonds is 7. The molecule has 1 aliphatic heterocycles. The Bertz CT molecular complexity index is 1210. The molecule has 0 N–H and O–H groups in total. The van der Waals surface area contributed by atoms with Gasteiger partial charge in [0.15, 0.2) is 0 Å². The van der Waals surface area contributed by atoms with E-state index in [1.54, 1.807) is 29.2 Å². The van der Waals surface area contributed by atoms with Crippen molar-refractivity contribution in [3.8, 4) is 5.75 Å². The summed E-state index contributed by atoms with van der Waals surface area (Å²) < 4.78 is 20.4. The summed E-state index contributed by atoms with van der Waals surface area (Å²) in [6.45, 7) is 0.642. The van der Waals surface area contributed by atoms with Gasteiger partial charge >= 0.3 is 0 Å². The lowest BCUT2D eigenvalue weighted by atomic mass is 10.1. The largest absolute Gasteiger partial charge is 0.488 e. The summed E-state index contributed by atoms with van der Waals surface area (Å²) in [5.41, 5.74) is 2.65. The molecule has 3 aromatic carbocycles. The number of thioether (sulfide) groups is 1. The Kier molecular flexibility index (Phi) is 7.97. The fourth-order valence-electron chi connectivity index (χ4n) is 3.34. The summed E-state index contributed by atoms with van der Waals surface area (Å²) in [5.74, 6) is 0.322. The van der Waals surface area contributed by atoms with Crippen LogP contribution in [0.2, 0.25) is 10.0 Å². The fourth-order valence-corrected chi connectivity index (χ4v) is 5.88. The maximum absolute atomic E-state index is 13.2. The maximum Gasteiger partial charge on any atom is 0.242 e. The molecule has 1 heterocycles. The Morgan fingerprint density at radius 2 is 1.79 bits per heavy atom. The summed E-state index contributed by atoms with van der Waals surface area (Å²) in [4.78, 5) is 14.5. The molecule has 0 bridgehead atoms. The van der Waals surface area contributed by atoms with Crippen molar-refractivity contribution in [2.24, 2.45) is 0 Å². The molecule has 0 spiro atoms. The van der Waals surface area contributed by atoms with E-state index in [1.165, 1.54) is 23.9 Å². The second kappa shape index (κ2) is 10.7. The average molecular weight is 585 g/mol. The standard InChI is InChI=1S/C24H17BrCl2FNO2S2/c25-19-9-15(3-8-21(19)31-13-16-4-5-17(26)11-20(16)27)10-22-23(30)29(24(32)33-22)12-14-1-6-18(28)7-2-14/h1-9,11,22H,10,12-13H2/t22-/m1/s1. The number of nitrogens with zero attached hydrogens (tertiary/aromatic N) is 1. The van der Waals surface area contributed by atoms with E-state index in [-0.39, 0.29) is 17.0 Å². The first-order valence-corrected chi connectivity index (χ1v) is 12.8. The lowest BCUT2D eigenvalue weighted by molar-refractivity contribution is -0.126. The van der Waals surface area contributed by atoms with Crippen molar-refractivity contribution in [2.45, 2.75) is 24.8 Å². The smallest absolute Gasteiger partial charge is 0.242 e. The van der Waals surface area contributed by atoms with E-state index in [9.17, 15) is 9.18 Å². The van der Waals surface area contributed by atoms with E-state index in [2.05, 4.69) is 15.9 Å². The monoisotopic (exact) mass is 583 g/mol. The highest BCUT2D eigenvalue weighted by Gasteiger charge is 2.36. The quantitative estimate of drug-likeness (QED) is 0.270. The van der Waals surface area contributed by atoms with Gasteiger partial charge in [-0.2, -0.15) is 0 Å². The Morgan fingerprint density at radius 1 is 1.06 bits per heavy atom. The molecule has 1 aliphatic rings. The highest BCUT2D eigenvalue weighted by atomic mass is 79.9. The molecular weight excluding hydrogens is 568 g/mol. The van der Waals surface area contributed by atoms with Gasteiger partial charge in [0.1, 0.15) is 22.5 Å². The summed E-state index contributed by atoms with van der Waals surface area (Å²) >= 11 is 22.5. The highest BCUT2D eigenvalue weighted by molar-refractivity contribution is 9.10. The van der Waals surface area contributed by atoms with Gasteiger partial charge in [0.05, 0.1) is 16.3 Å². The first kappa shape index (κ1) is 24.5. The van der Waals surface area contributed by atoms with Crippen LogP contribution in [-0.2, 0) is 24.4 Å². The topological polar surface area (TPSA) is 29.5 Å². The summed E-state index contributed by atoms with van der Waals surface area (Å²) in [6, 6.07) is 17.1. The van der Waals surface area contributed by atoms with Crippen LogP contribution in [0.5, 0.6) is 5.75 Å². The van der Waals surface area contributed by atoms with Crippen LogP contribution in [0.25, 0.3) is 0 Å². The number of amides is 1. The van der Waals surface area contributed by atoms with Gasteiger partial charge in [-0.25, -0.2) is 4.39 Å². The lowest BCUT2D eigenvalue weighted by Crippen LogP contribution is -2.31. The lowest BCUT2D eigenvalue weighted by Gasteiger charge is -2.16. The third-order valence-corrected chi connectivity index (χ3v) is 7.87. The van der Waals surface area contributed by atoms with E-state index < -0.39 is 0 Å². The summed E-state index contributed by atoms with van der Waals surface area (Å²) in [7, 11) is 0. The second-order valence-corrected chi connectivity index (χ2v) is 11.0. The van der Waals surface area contributed by atoms with Gasteiger partial charge in [-0.15, -0.1) is 0 Å². The predicted molar refractivity (Wildman–Crippen MR) is 140 cm³/mol. The normalized spacial score (nSPS) is 15.9. The van der Waals surface area contributed by atoms with Crippen molar-refractivity contribution in [1.82, 2.24) is 4.90 Å². The van der Waals surface area contributed by atoms with E-state index >= 15 is 0 Å². The first-order valence-electron chi connectivity index (χ1n) is 9.92. The Morgan fingerprint density at radius 3 is 2.48 bits per heavy atom. The number of benzene rings is 3. The SMILES string of the molecule is O=C1[C@@H](Cc2ccc(OCc3ccc(Cl)cc3Cl)c(Br)c2)SC(=S)N1Cc1ccc(F)cc1. The van der Waals surface area contributed by atoms with E-state index in [1.807, 2.05) is 24.3 Å². The Hall–Kier alpha value is -1.64. The molecule has 4 rings (SSSR count). The summed E-state index contributed by atoms with van der Waals surface area (Å²) in [6.07, 6.45) is 0.533. The number of hydrogen-bond donors (Lipinski definition) is 0. The molecule has 0 aromatic heterocycles. The zero-order valence-electron chi connectivity index (χ0n) is 17.1. The summed E-state index contributed by atoms with van der Waals surface area (Å²) in [5, 5.41) is 0.821. The molecule has 1 atom stereocenters. The number of halogens is 4. The maximum atomic E-state index is 13.2. The van der Waals surface area contributed by atoms with Gasteiger partial charge < -0.3 is 4.74 Å². The Balaban J connectivity index is 1.38. The molecule has 33 heavy (non-hydrogen) atoms. The number of hydrogen-bond acceptors (Lipinski definition) is 4. The van der Waals surface area contributed by atoms with Crippen molar-refractivity contribution >= 4 is 73.3 Å². The van der Waals surface area contributed by atoms with Crippen molar-refractivity contribution in [1.29, 1.82) is 0 Å². The third-order valence-electron chi connectivity index (χ3n) is 5.07. The fraction of sp³-hybridized carbons (Fsp3) is 0.167. The van der Waals surface area contributed by atoms with Crippen LogP contribution in [0.3, 0.4) is 0 Å². The molecule has 3 aromatic rings. The number of carbonyl (C=O) groups is 1. The van der Waals surface area contributed by atoms with Crippen molar-refractivity contribution in [2.75, 3.05) is 0 Å². The van der Waals surface area contributed by atoms with Gasteiger partial charge in [0, 0.05) is 15.6 Å². The van der Waals surface area contributed by atoms with Gasteiger partial charge in [-0.3, -0.25) is 9.69 Å². The van der Waals surface area contributed by atoms with Crippen LogP contribution in [0, 0.1) is 5.82 Å². The van der Waals surface area contributed by atoms with Gasteiger partial charge in [-0.1, -0.05) is 71.4 Å². The second-order valence-electron chi connectivity index (χ2n) is 7.42. The molecular formula is C24H17BrCl2FNO2S2. The number of carbonyl (C=O) groups excluding carboxylic acids is 1. The minimum atomic E-state index is -0.310. The van der Waals surface area contributed by atoms with E-state index in [4.69, 9.17) is 40.2 Å². The zero-order valence-corrected chi connectivity index (χ0v) is 21.8. The highest BCUT2D eigenvalue weighted by Crippen LogP contribution is 2.34. The van der Waals surface area contributed by atoms with E-state index in [0.29, 0.717) is 39.7 Å². The average Bonchev–Trinajstić information content (AvgIpc) is 3.03. The Labute approximate surface area is 219 Å². The molecule has 1 amide bonds. The van der Waals surface area contributed by atoms with Crippen LogP contribution in [0.1, 0.15) is 16.7 Å². The van der Waals surface area contributed by atoms with Crippen LogP contribution in [-0.4, -0.2) is 20.4 Å². The molecule has 1 saturated heterocycles. The van der Waals surface area contributed by atoms with Crippen molar-refractivity contribution < 1.29 is 13.9 Å². The number of ether oxygens (including phenoxy) is 1. The molecule has 3 nitrogen and oxygen atoms in total. The van der Waals surface area contributed by atoms with Gasteiger partial charge in [0.25, 0.3) is 0 Å². The zero-order chi connectivity index (χ0) is 23.5. The minimum absolute atomic E-state index is 0.0387. The van der Waals surface area contributed by atoms with Crippen LogP contribution in [0.15, 0.2) is 65.1 Å².